The normalized spacial score (nSPS) is 15.9. The maximum absolute atomic E-state index is 5.30. The van der Waals surface area contributed by atoms with Crippen LogP contribution in [0.3, 0.4) is 0 Å². The molecule has 4 heteroatoms. The Bertz CT molecular complexity index is 309. The molecule has 0 unspecified atom stereocenters. The number of aromatic nitrogens is 1. The molecule has 2 rings (SSSR count). The molecule has 0 aromatic carbocycles. The predicted molar refractivity (Wildman–Crippen MR) is 56.5 cm³/mol. The number of hydrogen-bond acceptors (Lipinski definition) is 4. The molecule has 0 spiro atoms. The third kappa shape index (κ3) is 2.21. The van der Waals surface area contributed by atoms with Crippen LogP contribution in [0.4, 0.5) is 5.82 Å². The van der Waals surface area contributed by atoms with Gasteiger partial charge in [0.25, 0.3) is 0 Å². The summed E-state index contributed by atoms with van der Waals surface area (Å²) in [5.41, 5.74) is 3.62. The second-order valence-corrected chi connectivity index (χ2v) is 3.80. The SMILES string of the molecule is CN(Cc1cccc(NN)n1)C1CC1. The van der Waals surface area contributed by atoms with Crippen molar-refractivity contribution in [3.05, 3.63) is 23.9 Å². The van der Waals surface area contributed by atoms with Crippen LogP contribution in [0, 0.1) is 0 Å². The van der Waals surface area contributed by atoms with Crippen molar-refractivity contribution in [2.24, 2.45) is 5.84 Å². The Morgan fingerprint density at radius 2 is 2.36 bits per heavy atom. The summed E-state index contributed by atoms with van der Waals surface area (Å²) in [6.07, 6.45) is 2.65. The number of nitrogens with zero attached hydrogens (tertiary/aromatic N) is 2. The highest BCUT2D eigenvalue weighted by Crippen LogP contribution is 2.26. The van der Waals surface area contributed by atoms with E-state index in [1.54, 1.807) is 0 Å². The third-order valence-electron chi connectivity index (χ3n) is 2.54. The van der Waals surface area contributed by atoms with E-state index in [4.69, 9.17) is 5.84 Å². The zero-order chi connectivity index (χ0) is 9.97. The van der Waals surface area contributed by atoms with Gasteiger partial charge in [-0.15, -0.1) is 0 Å². The summed E-state index contributed by atoms with van der Waals surface area (Å²) in [4.78, 5) is 6.70. The van der Waals surface area contributed by atoms with Crippen LogP contribution in [0.15, 0.2) is 18.2 Å². The molecule has 14 heavy (non-hydrogen) atoms. The monoisotopic (exact) mass is 192 g/mol. The first kappa shape index (κ1) is 9.43. The van der Waals surface area contributed by atoms with Gasteiger partial charge in [0.1, 0.15) is 5.82 Å². The van der Waals surface area contributed by atoms with Crippen molar-refractivity contribution in [2.75, 3.05) is 12.5 Å². The van der Waals surface area contributed by atoms with E-state index < -0.39 is 0 Å². The quantitative estimate of drug-likeness (QED) is 0.551. The number of hydrazine groups is 1. The van der Waals surface area contributed by atoms with Gasteiger partial charge in [0.2, 0.25) is 0 Å². The lowest BCUT2D eigenvalue weighted by Crippen LogP contribution is -2.21. The lowest BCUT2D eigenvalue weighted by molar-refractivity contribution is 0.312. The van der Waals surface area contributed by atoms with E-state index in [1.165, 1.54) is 12.8 Å². The number of hydrogen-bond donors (Lipinski definition) is 2. The van der Waals surface area contributed by atoms with Crippen LogP contribution in [0.25, 0.3) is 0 Å². The average molecular weight is 192 g/mol. The highest BCUT2D eigenvalue weighted by Gasteiger charge is 2.26. The fraction of sp³-hybridized carbons (Fsp3) is 0.500. The molecule has 1 aromatic rings. The van der Waals surface area contributed by atoms with Gasteiger partial charge in [0, 0.05) is 12.6 Å². The summed E-state index contributed by atoms with van der Waals surface area (Å²) in [7, 11) is 2.14. The molecule has 0 atom stereocenters. The standard InChI is InChI=1S/C10H16N4/c1-14(9-5-6-9)7-8-3-2-4-10(12-8)13-11/h2-4,9H,5-7,11H2,1H3,(H,12,13). The molecule has 1 aliphatic rings. The Labute approximate surface area is 84.1 Å². The van der Waals surface area contributed by atoms with Crippen molar-refractivity contribution in [2.45, 2.75) is 25.4 Å². The first-order chi connectivity index (χ1) is 6.79. The lowest BCUT2D eigenvalue weighted by atomic mass is 10.3. The summed E-state index contributed by atoms with van der Waals surface area (Å²) >= 11 is 0. The number of nitrogen functional groups attached to an aromatic ring is 1. The van der Waals surface area contributed by atoms with Crippen LogP contribution < -0.4 is 11.3 Å². The van der Waals surface area contributed by atoms with E-state index in [1.807, 2.05) is 18.2 Å². The zero-order valence-corrected chi connectivity index (χ0v) is 8.40. The molecule has 0 radical (unpaired) electrons. The predicted octanol–water partition coefficient (Wildman–Crippen LogP) is 0.961. The van der Waals surface area contributed by atoms with E-state index in [0.717, 1.165) is 24.1 Å². The maximum atomic E-state index is 5.30. The smallest absolute Gasteiger partial charge is 0.140 e. The molecule has 0 bridgehead atoms. The number of anilines is 1. The summed E-state index contributed by atoms with van der Waals surface area (Å²) in [5.74, 6) is 6.02. The number of pyridine rings is 1. The summed E-state index contributed by atoms with van der Waals surface area (Å²) < 4.78 is 0. The Balaban J connectivity index is 2.00. The minimum atomic E-state index is 0.728. The van der Waals surface area contributed by atoms with Crippen LogP contribution in [0.1, 0.15) is 18.5 Å². The lowest BCUT2D eigenvalue weighted by Gasteiger charge is -2.15. The molecule has 1 saturated carbocycles. The van der Waals surface area contributed by atoms with Crippen molar-refractivity contribution in [1.29, 1.82) is 0 Å². The van der Waals surface area contributed by atoms with Crippen molar-refractivity contribution in [1.82, 2.24) is 9.88 Å². The van der Waals surface area contributed by atoms with Gasteiger partial charge in [-0.2, -0.15) is 0 Å². The number of nitrogens with two attached hydrogens (primary N) is 1. The van der Waals surface area contributed by atoms with Crippen LogP contribution >= 0.6 is 0 Å². The second-order valence-electron chi connectivity index (χ2n) is 3.80. The second kappa shape index (κ2) is 3.94. The van der Waals surface area contributed by atoms with Crippen molar-refractivity contribution < 1.29 is 0 Å². The Kier molecular flexibility index (Phi) is 2.65. The first-order valence-corrected chi connectivity index (χ1v) is 4.92. The molecule has 1 aromatic heterocycles. The average Bonchev–Trinajstić information content (AvgIpc) is 3.01. The topological polar surface area (TPSA) is 54.2 Å². The molecule has 4 nitrogen and oxygen atoms in total. The summed E-state index contributed by atoms with van der Waals surface area (Å²) in [6, 6.07) is 6.63. The number of nitrogens with one attached hydrogen (secondary N) is 1. The van der Waals surface area contributed by atoms with Gasteiger partial charge in [0.05, 0.1) is 5.69 Å². The summed E-state index contributed by atoms with van der Waals surface area (Å²) in [6.45, 7) is 0.903. The van der Waals surface area contributed by atoms with Crippen LogP contribution in [0.2, 0.25) is 0 Å². The number of rotatable bonds is 4. The minimum Gasteiger partial charge on any atom is -0.308 e. The maximum Gasteiger partial charge on any atom is 0.140 e. The van der Waals surface area contributed by atoms with Gasteiger partial charge in [0.15, 0.2) is 0 Å². The van der Waals surface area contributed by atoms with E-state index in [-0.39, 0.29) is 0 Å². The van der Waals surface area contributed by atoms with Crippen molar-refractivity contribution in [3.8, 4) is 0 Å². The molecule has 3 N–H and O–H groups in total. The Morgan fingerprint density at radius 1 is 1.57 bits per heavy atom. The molecule has 1 fully saturated rings. The van der Waals surface area contributed by atoms with Gasteiger partial charge in [-0.3, -0.25) is 4.90 Å². The largest absolute Gasteiger partial charge is 0.308 e. The molecule has 76 valence electrons. The molecule has 1 aliphatic carbocycles. The van der Waals surface area contributed by atoms with Gasteiger partial charge in [-0.25, -0.2) is 10.8 Å². The van der Waals surface area contributed by atoms with Crippen molar-refractivity contribution >= 4 is 5.82 Å². The zero-order valence-electron chi connectivity index (χ0n) is 8.40. The molecule has 0 saturated heterocycles. The highest BCUT2D eigenvalue weighted by atomic mass is 15.3. The van der Waals surface area contributed by atoms with E-state index in [9.17, 15) is 0 Å². The van der Waals surface area contributed by atoms with Gasteiger partial charge < -0.3 is 5.43 Å². The van der Waals surface area contributed by atoms with Gasteiger partial charge in [-0.1, -0.05) is 6.07 Å². The highest BCUT2D eigenvalue weighted by molar-refractivity contribution is 5.33. The molecular formula is C10H16N4. The fourth-order valence-corrected chi connectivity index (χ4v) is 1.55. The molecule has 1 heterocycles. The first-order valence-electron chi connectivity index (χ1n) is 4.92. The van der Waals surface area contributed by atoms with Crippen molar-refractivity contribution in [3.63, 3.8) is 0 Å². The Hall–Kier alpha value is -1.13. The molecule has 0 aliphatic heterocycles. The van der Waals surface area contributed by atoms with Gasteiger partial charge in [-0.05, 0) is 32.0 Å². The summed E-state index contributed by atoms with van der Waals surface area (Å²) in [5, 5.41) is 0. The molecular weight excluding hydrogens is 176 g/mol. The van der Waals surface area contributed by atoms with Crippen LogP contribution in [-0.2, 0) is 6.54 Å². The van der Waals surface area contributed by atoms with Gasteiger partial charge >= 0.3 is 0 Å². The third-order valence-corrected chi connectivity index (χ3v) is 2.54. The van der Waals surface area contributed by atoms with E-state index in [2.05, 4.69) is 22.4 Å². The van der Waals surface area contributed by atoms with Crippen LogP contribution in [-0.4, -0.2) is 23.0 Å². The minimum absolute atomic E-state index is 0.728. The van der Waals surface area contributed by atoms with E-state index >= 15 is 0 Å². The Morgan fingerprint density at radius 3 is 3.00 bits per heavy atom. The fourth-order valence-electron chi connectivity index (χ4n) is 1.55. The van der Waals surface area contributed by atoms with Crippen LogP contribution in [0.5, 0.6) is 0 Å². The van der Waals surface area contributed by atoms with E-state index in [0.29, 0.717) is 0 Å². The molecule has 0 amide bonds.